The van der Waals surface area contributed by atoms with Gasteiger partial charge in [-0.05, 0) is 26.0 Å². The van der Waals surface area contributed by atoms with Crippen LogP contribution in [-0.4, -0.2) is 38.7 Å². The van der Waals surface area contributed by atoms with Gasteiger partial charge in [-0.15, -0.1) is 0 Å². The maximum absolute atomic E-state index is 12.6. The molecule has 0 fully saturated rings. The van der Waals surface area contributed by atoms with E-state index < -0.39 is 6.04 Å². The van der Waals surface area contributed by atoms with Gasteiger partial charge in [0.1, 0.15) is 30.3 Å². The summed E-state index contributed by atoms with van der Waals surface area (Å²) in [5, 5.41) is 11.7. The van der Waals surface area contributed by atoms with Gasteiger partial charge < -0.3 is 14.8 Å². The zero-order valence-corrected chi connectivity index (χ0v) is 14.3. The summed E-state index contributed by atoms with van der Waals surface area (Å²) in [5.41, 5.74) is 3.21. The monoisotopic (exact) mass is 341 g/mol. The van der Waals surface area contributed by atoms with E-state index in [0.717, 1.165) is 16.7 Å². The molecule has 0 spiro atoms. The van der Waals surface area contributed by atoms with Crippen molar-refractivity contribution in [2.75, 3.05) is 18.5 Å². The van der Waals surface area contributed by atoms with Crippen molar-refractivity contribution in [3.05, 3.63) is 30.1 Å². The molecule has 3 heterocycles. The molecule has 1 N–H and O–H groups in total. The van der Waals surface area contributed by atoms with Gasteiger partial charge in [-0.2, -0.15) is 10.2 Å². The Kier molecular flexibility index (Phi) is 3.60. The second-order valence-electron chi connectivity index (χ2n) is 6.08. The Bertz CT molecular complexity index is 924. The summed E-state index contributed by atoms with van der Waals surface area (Å²) in [6, 6.07) is 4.91. The fourth-order valence-corrected chi connectivity index (χ4v) is 2.89. The molecule has 0 radical (unpaired) electrons. The highest BCUT2D eigenvalue weighted by molar-refractivity contribution is 5.94. The molecule has 4 rings (SSSR count). The van der Waals surface area contributed by atoms with E-state index in [0.29, 0.717) is 30.4 Å². The Morgan fingerprint density at radius 2 is 2.00 bits per heavy atom. The Labute approximate surface area is 144 Å². The number of ether oxygens (including phenoxy) is 2. The highest BCUT2D eigenvalue weighted by Crippen LogP contribution is 2.32. The summed E-state index contributed by atoms with van der Waals surface area (Å²) in [6.45, 7) is 4.76. The topological polar surface area (TPSA) is 83.2 Å². The molecule has 25 heavy (non-hydrogen) atoms. The number of hydrogen-bond donors (Lipinski definition) is 1. The average Bonchev–Trinajstić information content (AvgIpc) is 3.16. The SMILES string of the molecule is Cc1nn(C)c2cn([C@@H](C)C(=O)Nc3ccc4c(c3)OCCO4)nc12. The van der Waals surface area contributed by atoms with Gasteiger partial charge >= 0.3 is 0 Å². The van der Waals surface area contributed by atoms with E-state index >= 15 is 0 Å². The number of anilines is 1. The van der Waals surface area contributed by atoms with Crippen LogP contribution in [0, 0.1) is 6.92 Å². The lowest BCUT2D eigenvalue weighted by Gasteiger charge is -2.19. The van der Waals surface area contributed by atoms with Crippen LogP contribution >= 0.6 is 0 Å². The fraction of sp³-hybridized carbons (Fsp3) is 0.353. The Morgan fingerprint density at radius 3 is 2.76 bits per heavy atom. The molecule has 1 amide bonds. The van der Waals surface area contributed by atoms with E-state index in [1.54, 1.807) is 27.6 Å². The summed E-state index contributed by atoms with van der Waals surface area (Å²) in [7, 11) is 1.86. The van der Waals surface area contributed by atoms with Crippen LogP contribution in [-0.2, 0) is 11.8 Å². The Morgan fingerprint density at radius 1 is 1.24 bits per heavy atom. The van der Waals surface area contributed by atoms with Crippen molar-refractivity contribution in [2.45, 2.75) is 19.9 Å². The first kappa shape index (κ1) is 15.5. The molecule has 1 atom stereocenters. The number of aromatic nitrogens is 4. The van der Waals surface area contributed by atoms with E-state index in [9.17, 15) is 4.79 Å². The first-order valence-electron chi connectivity index (χ1n) is 8.12. The first-order valence-corrected chi connectivity index (χ1v) is 8.12. The van der Waals surface area contributed by atoms with E-state index in [1.807, 2.05) is 27.1 Å². The van der Waals surface area contributed by atoms with Gasteiger partial charge in [-0.3, -0.25) is 14.2 Å². The van der Waals surface area contributed by atoms with Gasteiger partial charge in [0, 0.05) is 18.8 Å². The number of aryl methyl sites for hydroxylation is 2. The van der Waals surface area contributed by atoms with E-state index in [-0.39, 0.29) is 5.91 Å². The number of nitrogens with zero attached hydrogens (tertiary/aromatic N) is 4. The van der Waals surface area contributed by atoms with Gasteiger partial charge in [-0.25, -0.2) is 0 Å². The second kappa shape index (κ2) is 5.80. The van der Waals surface area contributed by atoms with E-state index in [2.05, 4.69) is 15.5 Å². The predicted molar refractivity (Wildman–Crippen MR) is 92.0 cm³/mol. The molecule has 1 aromatic carbocycles. The number of carbonyl (C=O) groups excluding carboxylic acids is 1. The molecule has 2 aromatic heterocycles. The highest BCUT2D eigenvalue weighted by atomic mass is 16.6. The van der Waals surface area contributed by atoms with Gasteiger partial charge in [-0.1, -0.05) is 0 Å². The molecule has 0 saturated heterocycles. The Balaban J connectivity index is 1.54. The van der Waals surface area contributed by atoms with Crippen molar-refractivity contribution >= 4 is 22.6 Å². The van der Waals surface area contributed by atoms with E-state index in [4.69, 9.17) is 9.47 Å². The Hall–Kier alpha value is -3.03. The summed E-state index contributed by atoms with van der Waals surface area (Å²) in [6.07, 6.45) is 1.84. The third-order valence-corrected chi connectivity index (χ3v) is 4.29. The van der Waals surface area contributed by atoms with Crippen molar-refractivity contribution in [1.82, 2.24) is 19.6 Å². The largest absolute Gasteiger partial charge is 0.486 e. The lowest BCUT2D eigenvalue weighted by molar-refractivity contribution is -0.119. The molecule has 0 unspecified atom stereocenters. The quantitative estimate of drug-likeness (QED) is 0.788. The molecule has 8 heteroatoms. The fourth-order valence-electron chi connectivity index (χ4n) is 2.89. The van der Waals surface area contributed by atoms with Crippen LogP contribution in [0.25, 0.3) is 11.0 Å². The van der Waals surface area contributed by atoms with Gasteiger partial charge in [0.25, 0.3) is 0 Å². The molecular weight excluding hydrogens is 322 g/mol. The number of carbonyl (C=O) groups is 1. The van der Waals surface area contributed by atoms with Crippen LogP contribution in [0.5, 0.6) is 11.5 Å². The third-order valence-electron chi connectivity index (χ3n) is 4.29. The molecule has 1 aliphatic heterocycles. The zero-order valence-electron chi connectivity index (χ0n) is 14.3. The minimum absolute atomic E-state index is 0.157. The third kappa shape index (κ3) is 2.69. The van der Waals surface area contributed by atoms with Crippen LogP contribution in [0.1, 0.15) is 18.7 Å². The number of nitrogens with one attached hydrogen (secondary N) is 1. The number of rotatable bonds is 3. The van der Waals surface area contributed by atoms with Crippen molar-refractivity contribution in [3.63, 3.8) is 0 Å². The van der Waals surface area contributed by atoms with Gasteiger partial charge in [0.05, 0.1) is 11.9 Å². The van der Waals surface area contributed by atoms with E-state index in [1.165, 1.54) is 0 Å². The summed E-state index contributed by atoms with van der Waals surface area (Å²) in [4.78, 5) is 12.6. The van der Waals surface area contributed by atoms with Crippen LogP contribution in [0.3, 0.4) is 0 Å². The van der Waals surface area contributed by atoms with Crippen molar-refractivity contribution in [2.24, 2.45) is 7.05 Å². The van der Waals surface area contributed by atoms with Crippen LogP contribution in [0.15, 0.2) is 24.4 Å². The van der Waals surface area contributed by atoms with Crippen molar-refractivity contribution in [1.29, 1.82) is 0 Å². The molecule has 8 nitrogen and oxygen atoms in total. The smallest absolute Gasteiger partial charge is 0.248 e. The summed E-state index contributed by atoms with van der Waals surface area (Å²) in [5.74, 6) is 1.18. The molecule has 1 aliphatic rings. The second-order valence-corrected chi connectivity index (χ2v) is 6.08. The highest BCUT2D eigenvalue weighted by Gasteiger charge is 2.20. The molecule has 0 aliphatic carbocycles. The van der Waals surface area contributed by atoms with Crippen LogP contribution in [0.4, 0.5) is 5.69 Å². The minimum atomic E-state index is -0.458. The first-order chi connectivity index (χ1) is 12.0. The zero-order chi connectivity index (χ0) is 17.6. The number of amides is 1. The molecule has 0 saturated carbocycles. The normalized spacial score (nSPS) is 14.5. The number of hydrogen-bond acceptors (Lipinski definition) is 5. The lowest BCUT2D eigenvalue weighted by atomic mass is 10.2. The molecule has 0 bridgehead atoms. The molecular formula is C17H19N5O3. The van der Waals surface area contributed by atoms with Gasteiger partial charge in [0.2, 0.25) is 5.91 Å². The lowest BCUT2D eigenvalue weighted by Crippen LogP contribution is -2.24. The predicted octanol–water partition coefficient (Wildman–Crippen LogP) is 2.05. The van der Waals surface area contributed by atoms with Crippen molar-refractivity contribution in [3.8, 4) is 11.5 Å². The van der Waals surface area contributed by atoms with Crippen LogP contribution in [0.2, 0.25) is 0 Å². The van der Waals surface area contributed by atoms with Crippen molar-refractivity contribution < 1.29 is 14.3 Å². The van der Waals surface area contributed by atoms with Gasteiger partial charge in [0.15, 0.2) is 11.5 Å². The molecule has 3 aromatic rings. The number of fused-ring (bicyclic) bond motifs is 2. The summed E-state index contributed by atoms with van der Waals surface area (Å²) < 4.78 is 14.5. The standard InChI is InChI=1S/C17H19N5O3/c1-10-16-13(21(3)19-10)9-22(20-16)11(2)17(23)18-12-4-5-14-15(8-12)25-7-6-24-14/h4-5,8-9,11H,6-7H2,1-3H3,(H,18,23)/t11-/m0/s1. The maximum Gasteiger partial charge on any atom is 0.248 e. The maximum atomic E-state index is 12.6. The summed E-state index contributed by atoms with van der Waals surface area (Å²) >= 11 is 0. The van der Waals surface area contributed by atoms with Crippen LogP contribution < -0.4 is 14.8 Å². The molecule has 130 valence electrons. The minimum Gasteiger partial charge on any atom is -0.486 e. The number of benzene rings is 1. The average molecular weight is 341 g/mol.